The van der Waals surface area contributed by atoms with E-state index in [0.29, 0.717) is 12.2 Å². The molecule has 1 N–H and O–H groups in total. The lowest BCUT2D eigenvalue weighted by molar-refractivity contribution is -0.119. The molecule has 0 fully saturated rings. The maximum Gasteiger partial charge on any atom is 0.276 e. The first-order chi connectivity index (χ1) is 11.0. The number of ketones is 1. The van der Waals surface area contributed by atoms with Crippen LogP contribution < -0.4 is 10.2 Å². The number of carbonyl (C=O) groups excluding carboxylic acids is 2. The number of hydrogen-bond donors (Lipinski definition) is 1. The fraction of sp³-hybridized carbons (Fsp3) is 0.333. The Kier molecular flexibility index (Phi) is 5.57. The summed E-state index contributed by atoms with van der Waals surface area (Å²) in [7, 11) is 0. The molecule has 0 aliphatic rings. The van der Waals surface area contributed by atoms with E-state index in [1.807, 2.05) is 50.2 Å². The lowest BCUT2D eigenvalue weighted by atomic mass is 10.1. The molecular formula is C18H22N2O3. The quantitative estimate of drug-likeness (QED) is 0.855. The smallest absolute Gasteiger partial charge is 0.276 e. The molecule has 0 bridgehead atoms. The zero-order valence-corrected chi connectivity index (χ0v) is 13.8. The fourth-order valence-electron chi connectivity index (χ4n) is 2.22. The molecule has 1 heterocycles. The molecule has 0 aliphatic heterocycles. The number of carbonyl (C=O) groups is 2. The molecule has 1 aromatic carbocycles. The second-order valence-corrected chi connectivity index (χ2v) is 5.62. The monoisotopic (exact) mass is 314 g/mol. The number of nitrogens with one attached hydrogen (secondary N) is 1. The van der Waals surface area contributed by atoms with Gasteiger partial charge in [-0.3, -0.25) is 14.9 Å². The number of hydrogen-bond acceptors (Lipinski definition) is 3. The average molecular weight is 314 g/mol. The molecule has 0 atom stereocenters. The van der Waals surface area contributed by atoms with Gasteiger partial charge in [-0.2, -0.15) is 0 Å². The first kappa shape index (κ1) is 16.8. The minimum absolute atomic E-state index is 0.0517. The van der Waals surface area contributed by atoms with E-state index in [1.165, 1.54) is 0 Å². The molecule has 5 heteroatoms. The van der Waals surface area contributed by atoms with Crippen molar-refractivity contribution in [2.75, 3.05) is 12.0 Å². The topological polar surface area (TPSA) is 60.3 Å². The van der Waals surface area contributed by atoms with Gasteiger partial charge in [-0.05, 0) is 57.0 Å². The van der Waals surface area contributed by atoms with Gasteiger partial charge in [0.25, 0.3) is 5.91 Å². The highest BCUT2D eigenvalue weighted by molar-refractivity contribution is 5.85. The maximum absolute atomic E-state index is 11.9. The van der Waals surface area contributed by atoms with Gasteiger partial charge in [0.1, 0.15) is 11.5 Å². The molecule has 2 rings (SSSR count). The largest absolute Gasteiger partial charge is 0.484 e. The lowest BCUT2D eigenvalue weighted by Crippen LogP contribution is -2.29. The summed E-state index contributed by atoms with van der Waals surface area (Å²) in [4.78, 5) is 22.9. The normalized spacial score (nSPS) is 10.4. The predicted octanol–water partition coefficient (Wildman–Crippen LogP) is 2.78. The van der Waals surface area contributed by atoms with Crippen molar-refractivity contribution in [3.05, 3.63) is 53.3 Å². The van der Waals surface area contributed by atoms with Crippen molar-refractivity contribution in [1.29, 1.82) is 0 Å². The van der Waals surface area contributed by atoms with Crippen molar-refractivity contribution in [3.63, 3.8) is 0 Å². The highest BCUT2D eigenvalue weighted by Gasteiger charge is 2.07. The Morgan fingerprint density at radius 1 is 1.04 bits per heavy atom. The van der Waals surface area contributed by atoms with Crippen LogP contribution in [-0.4, -0.2) is 23.0 Å². The van der Waals surface area contributed by atoms with Crippen LogP contribution in [0.3, 0.4) is 0 Å². The molecule has 122 valence electrons. The van der Waals surface area contributed by atoms with Gasteiger partial charge in [-0.1, -0.05) is 12.1 Å². The molecular weight excluding hydrogens is 292 g/mol. The van der Waals surface area contributed by atoms with Gasteiger partial charge < -0.3 is 9.53 Å². The summed E-state index contributed by atoms with van der Waals surface area (Å²) < 4.78 is 7.22. The van der Waals surface area contributed by atoms with Crippen LogP contribution in [0.2, 0.25) is 0 Å². The van der Waals surface area contributed by atoms with Gasteiger partial charge in [-0.25, -0.2) is 0 Å². The van der Waals surface area contributed by atoms with Gasteiger partial charge in [0.15, 0.2) is 6.61 Å². The Morgan fingerprint density at radius 2 is 1.65 bits per heavy atom. The molecule has 0 spiro atoms. The zero-order valence-electron chi connectivity index (χ0n) is 13.8. The van der Waals surface area contributed by atoms with Gasteiger partial charge >= 0.3 is 0 Å². The number of rotatable bonds is 7. The van der Waals surface area contributed by atoms with Crippen LogP contribution in [0.1, 0.15) is 30.3 Å². The number of nitrogens with zero attached hydrogens (tertiary/aromatic N) is 1. The fourth-order valence-corrected chi connectivity index (χ4v) is 2.22. The Balaban J connectivity index is 1.83. The van der Waals surface area contributed by atoms with E-state index < -0.39 is 0 Å². The SMILES string of the molecule is CC(=O)CCc1ccc(OCC(=O)Nn2c(C)ccc2C)cc1. The summed E-state index contributed by atoms with van der Waals surface area (Å²) in [5.74, 6) is 0.596. The first-order valence-corrected chi connectivity index (χ1v) is 7.61. The minimum atomic E-state index is -0.215. The third kappa shape index (κ3) is 4.98. The van der Waals surface area contributed by atoms with Crippen LogP contribution in [0.15, 0.2) is 36.4 Å². The number of aryl methyl sites for hydroxylation is 3. The summed E-state index contributed by atoms with van der Waals surface area (Å²) in [6.07, 6.45) is 1.26. The Labute approximate surface area is 136 Å². The predicted molar refractivity (Wildman–Crippen MR) is 89.2 cm³/mol. The molecule has 23 heavy (non-hydrogen) atoms. The molecule has 1 amide bonds. The van der Waals surface area contributed by atoms with Crippen LogP contribution in [0.4, 0.5) is 0 Å². The second kappa shape index (κ2) is 7.63. The van der Waals surface area contributed by atoms with Crippen LogP contribution in [0.25, 0.3) is 0 Å². The minimum Gasteiger partial charge on any atom is -0.484 e. The lowest BCUT2D eigenvalue weighted by Gasteiger charge is -2.12. The Bertz CT molecular complexity index is 667. The molecule has 0 radical (unpaired) electrons. The van der Waals surface area contributed by atoms with E-state index in [2.05, 4.69) is 5.43 Å². The standard InChI is InChI=1S/C18H22N2O3/c1-13-4-5-14(2)20(13)19-18(22)12-23-17-10-8-16(9-11-17)7-6-15(3)21/h4-5,8-11H,6-7,12H2,1-3H3,(H,19,22). The molecule has 1 aromatic heterocycles. The van der Waals surface area contributed by atoms with Crippen molar-refractivity contribution in [3.8, 4) is 5.75 Å². The van der Waals surface area contributed by atoms with E-state index in [9.17, 15) is 9.59 Å². The van der Waals surface area contributed by atoms with Crippen molar-refractivity contribution in [1.82, 2.24) is 4.68 Å². The molecule has 2 aromatic rings. The number of Topliss-reactive ketones (excluding diaryl/α,β-unsaturated/α-hetero) is 1. The maximum atomic E-state index is 11.9. The third-order valence-electron chi connectivity index (χ3n) is 3.57. The van der Waals surface area contributed by atoms with Gasteiger partial charge in [0.2, 0.25) is 0 Å². The van der Waals surface area contributed by atoms with Crippen molar-refractivity contribution < 1.29 is 14.3 Å². The van der Waals surface area contributed by atoms with E-state index in [1.54, 1.807) is 11.6 Å². The molecule has 5 nitrogen and oxygen atoms in total. The first-order valence-electron chi connectivity index (χ1n) is 7.61. The van der Waals surface area contributed by atoms with E-state index in [4.69, 9.17) is 4.74 Å². The van der Waals surface area contributed by atoms with Crippen LogP contribution in [-0.2, 0) is 16.0 Å². The zero-order chi connectivity index (χ0) is 16.8. The van der Waals surface area contributed by atoms with Crippen molar-refractivity contribution in [2.45, 2.75) is 33.6 Å². The van der Waals surface area contributed by atoms with Gasteiger partial charge in [-0.15, -0.1) is 0 Å². The summed E-state index contributed by atoms with van der Waals surface area (Å²) >= 11 is 0. The number of aromatic nitrogens is 1. The van der Waals surface area contributed by atoms with Crippen LogP contribution >= 0.6 is 0 Å². The second-order valence-electron chi connectivity index (χ2n) is 5.62. The molecule has 0 saturated heterocycles. The molecule has 0 unspecified atom stereocenters. The van der Waals surface area contributed by atoms with Crippen LogP contribution in [0, 0.1) is 13.8 Å². The Morgan fingerprint density at radius 3 is 2.22 bits per heavy atom. The van der Waals surface area contributed by atoms with Gasteiger partial charge in [0.05, 0.1) is 0 Å². The van der Waals surface area contributed by atoms with Crippen molar-refractivity contribution >= 4 is 11.7 Å². The van der Waals surface area contributed by atoms with E-state index >= 15 is 0 Å². The Hall–Kier alpha value is -2.56. The van der Waals surface area contributed by atoms with Gasteiger partial charge in [0, 0.05) is 17.8 Å². The molecule has 0 aliphatic carbocycles. The van der Waals surface area contributed by atoms with Crippen LogP contribution in [0.5, 0.6) is 5.75 Å². The third-order valence-corrected chi connectivity index (χ3v) is 3.57. The average Bonchev–Trinajstić information content (AvgIpc) is 2.84. The summed E-state index contributed by atoms with van der Waals surface area (Å²) in [6.45, 7) is 5.38. The number of benzene rings is 1. The summed E-state index contributed by atoms with van der Waals surface area (Å²) in [5, 5.41) is 0. The molecule has 0 saturated carbocycles. The van der Waals surface area contributed by atoms with E-state index in [0.717, 1.165) is 23.4 Å². The number of amides is 1. The number of ether oxygens (including phenoxy) is 1. The van der Waals surface area contributed by atoms with E-state index in [-0.39, 0.29) is 18.3 Å². The van der Waals surface area contributed by atoms with Crippen molar-refractivity contribution in [2.24, 2.45) is 0 Å². The highest BCUT2D eigenvalue weighted by Crippen LogP contribution is 2.13. The highest BCUT2D eigenvalue weighted by atomic mass is 16.5. The summed E-state index contributed by atoms with van der Waals surface area (Å²) in [6, 6.07) is 11.3. The summed E-state index contributed by atoms with van der Waals surface area (Å²) in [5.41, 5.74) is 5.79.